The van der Waals surface area contributed by atoms with E-state index < -0.39 is 0 Å². The van der Waals surface area contributed by atoms with Gasteiger partial charge in [-0.25, -0.2) is 0 Å². The minimum atomic E-state index is -0.0988. The van der Waals surface area contributed by atoms with Crippen LogP contribution in [0.1, 0.15) is 32.1 Å². The summed E-state index contributed by atoms with van der Waals surface area (Å²) in [6, 6.07) is 3.31. The highest BCUT2D eigenvalue weighted by atomic mass is 16.5. The van der Waals surface area contributed by atoms with Crippen molar-refractivity contribution >= 4 is 0 Å². The Morgan fingerprint density at radius 2 is 2.07 bits per heavy atom. The lowest BCUT2D eigenvalue weighted by molar-refractivity contribution is 0.154. The predicted molar refractivity (Wildman–Crippen MR) is 54.6 cm³/mol. The number of hydrogen-bond donors (Lipinski definition) is 1. The fourth-order valence-corrected chi connectivity index (χ4v) is 1.87. The zero-order valence-electron chi connectivity index (χ0n) is 8.16. The molecule has 1 heterocycles. The van der Waals surface area contributed by atoms with Gasteiger partial charge in [-0.2, -0.15) is 0 Å². The van der Waals surface area contributed by atoms with Crippen LogP contribution in [0, 0.1) is 0 Å². The molecule has 0 saturated heterocycles. The molecule has 0 aliphatic heterocycles. The second-order valence-electron chi connectivity index (χ2n) is 3.77. The molecule has 1 aliphatic carbocycles. The first kappa shape index (κ1) is 9.31. The molecule has 1 aromatic rings. The average molecular weight is 193 g/mol. The summed E-state index contributed by atoms with van der Waals surface area (Å²) in [7, 11) is 0. The summed E-state index contributed by atoms with van der Waals surface area (Å²) in [6.07, 6.45) is 7.97. The third-order valence-electron chi connectivity index (χ3n) is 2.60. The Balaban J connectivity index is 1.99. The first-order valence-electron chi connectivity index (χ1n) is 5.20. The Morgan fingerprint density at radius 1 is 1.29 bits per heavy atom. The highest BCUT2D eigenvalue weighted by Gasteiger charge is 2.14. The lowest BCUT2D eigenvalue weighted by atomic mass is 9.98. The molecule has 0 unspecified atom stereocenters. The van der Waals surface area contributed by atoms with Crippen molar-refractivity contribution in [3.8, 4) is 5.75 Å². The van der Waals surface area contributed by atoms with Gasteiger partial charge < -0.3 is 9.72 Å². The van der Waals surface area contributed by atoms with E-state index in [9.17, 15) is 4.79 Å². The fraction of sp³-hybridized carbons (Fsp3) is 0.545. The van der Waals surface area contributed by atoms with E-state index >= 15 is 0 Å². The molecule has 0 bridgehead atoms. The molecule has 1 fully saturated rings. The maximum Gasteiger partial charge on any atom is 0.251 e. The van der Waals surface area contributed by atoms with E-state index in [4.69, 9.17) is 4.74 Å². The average Bonchev–Trinajstić information content (AvgIpc) is 2.19. The van der Waals surface area contributed by atoms with Gasteiger partial charge in [-0.15, -0.1) is 0 Å². The zero-order chi connectivity index (χ0) is 9.80. The van der Waals surface area contributed by atoms with Gasteiger partial charge in [-0.05, 0) is 31.7 Å². The highest BCUT2D eigenvalue weighted by Crippen LogP contribution is 2.22. The van der Waals surface area contributed by atoms with Crippen LogP contribution in [-0.4, -0.2) is 11.1 Å². The molecular weight excluding hydrogens is 178 g/mol. The molecule has 1 aliphatic rings. The van der Waals surface area contributed by atoms with Gasteiger partial charge in [0.15, 0.2) is 0 Å². The van der Waals surface area contributed by atoms with Gasteiger partial charge in [0.1, 0.15) is 5.75 Å². The van der Waals surface area contributed by atoms with Crippen LogP contribution in [0.4, 0.5) is 0 Å². The van der Waals surface area contributed by atoms with E-state index in [1.807, 2.05) is 0 Å². The van der Waals surface area contributed by atoms with Gasteiger partial charge >= 0.3 is 0 Å². The summed E-state index contributed by atoms with van der Waals surface area (Å²) >= 11 is 0. The molecule has 3 nitrogen and oxygen atoms in total. The van der Waals surface area contributed by atoms with E-state index in [0.29, 0.717) is 11.9 Å². The molecule has 14 heavy (non-hydrogen) atoms. The highest BCUT2D eigenvalue weighted by molar-refractivity contribution is 5.17. The first-order chi connectivity index (χ1) is 6.84. The minimum Gasteiger partial charge on any atom is -0.490 e. The summed E-state index contributed by atoms with van der Waals surface area (Å²) in [5.74, 6) is 0.695. The largest absolute Gasteiger partial charge is 0.490 e. The molecule has 0 amide bonds. The minimum absolute atomic E-state index is 0.0988. The monoisotopic (exact) mass is 193 g/mol. The lowest BCUT2D eigenvalue weighted by Gasteiger charge is -2.22. The van der Waals surface area contributed by atoms with E-state index in [-0.39, 0.29) is 5.56 Å². The number of ether oxygens (including phenoxy) is 1. The molecule has 76 valence electrons. The standard InChI is InChI=1S/C11H15NO2/c13-11-8-10(6-7-12-11)14-9-4-2-1-3-5-9/h6-9H,1-5H2,(H,12,13). The predicted octanol–water partition coefficient (Wildman–Crippen LogP) is 2.09. The molecule has 0 spiro atoms. The quantitative estimate of drug-likeness (QED) is 0.781. The fourth-order valence-electron chi connectivity index (χ4n) is 1.87. The maximum absolute atomic E-state index is 11.0. The summed E-state index contributed by atoms with van der Waals surface area (Å²) < 4.78 is 5.72. The molecule has 1 saturated carbocycles. The van der Waals surface area contributed by atoms with E-state index in [1.54, 1.807) is 12.3 Å². The van der Waals surface area contributed by atoms with Gasteiger partial charge in [0.25, 0.3) is 5.56 Å². The van der Waals surface area contributed by atoms with Crippen molar-refractivity contribution in [2.45, 2.75) is 38.2 Å². The Kier molecular flexibility index (Phi) is 2.87. The van der Waals surface area contributed by atoms with Gasteiger partial charge in [0, 0.05) is 12.3 Å². The van der Waals surface area contributed by atoms with Crippen LogP contribution >= 0.6 is 0 Å². The zero-order valence-corrected chi connectivity index (χ0v) is 8.16. The molecule has 1 N–H and O–H groups in total. The number of rotatable bonds is 2. The van der Waals surface area contributed by atoms with Crippen LogP contribution in [0.5, 0.6) is 5.75 Å². The Morgan fingerprint density at radius 3 is 2.79 bits per heavy atom. The molecule has 3 heteroatoms. The molecule has 1 aromatic heterocycles. The summed E-state index contributed by atoms with van der Waals surface area (Å²) in [4.78, 5) is 13.6. The van der Waals surface area contributed by atoms with Crippen molar-refractivity contribution < 1.29 is 4.74 Å². The van der Waals surface area contributed by atoms with Crippen molar-refractivity contribution in [1.29, 1.82) is 0 Å². The van der Waals surface area contributed by atoms with Gasteiger partial charge in [-0.1, -0.05) is 6.42 Å². The first-order valence-corrected chi connectivity index (χ1v) is 5.20. The SMILES string of the molecule is O=c1cc(OC2CCCCC2)cc[nH]1. The second kappa shape index (κ2) is 4.31. The van der Waals surface area contributed by atoms with E-state index in [1.165, 1.54) is 25.3 Å². The number of H-pyrrole nitrogens is 1. The number of pyridine rings is 1. The topological polar surface area (TPSA) is 42.1 Å². The Bertz CT molecular complexity index is 339. The van der Waals surface area contributed by atoms with Gasteiger partial charge in [0.05, 0.1) is 6.10 Å². The summed E-state index contributed by atoms with van der Waals surface area (Å²) in [6.45, 7) is 0. The van der Waals surface area contributed by atoms with Crippen LogP contribution in [0.25, 0.3) is 0 Å². The number of aromatic nitrogens is 1. The normalized spacial score (nSPS) is 18.0. The Labute approximate surface area is 83.1 Å². The van der Waals surface area contributed by atoms with Crippen LogP contribution in [0.2, 0.25) is 0 Å². The third kappa shape index (κ3) is 2.37. The van der Waals surface area contributed by atoms with Crippen LogP contribution in [0.15, 0.2) is 23.1 Å². The summed E-state index contributed by atoms with van der Waals surface area (Å²) in [5, 5.41) is 0. The van der Waals surface area contributed by atoms with E-state index in [2.05, 4.69) is 4.98 Å². The summed E-state index contributed by atoms with van der Waals surface area (Å²) in [5.41, 5.74) is -0.0988. The van der Waals surface area contributed by atoms with Crippen LogP contribution in [-0.2, 0) is 0 Å². The van der Waals surface area contributed by atoms with Crippen LogP contribution < -0.4 is 10.3 Å². The van der Waals surface area contributed by atoms with Crippen molar-refractivity contribution in [1.82, 2.24) is 4.98 Å². The third-order valence-corrected chi connectivity index (χ3v) is 2.60. The Hall–Kier alpha value is -1.25. The molecule has 0 aromatic carbocycles. The van der Waals surface area contributed by atoms with Crippen LogP contribution in [0.3, 0.4) is 0 Å². The molecule has 0 atom stereocenters. The molecule has 0 radical (unpaired) electrons. The van der Waals surface area contributed by atoms with E-state index in [0.717, 1.165) is 12.8 Å². The van der Waals surface area contributed by atoms with Crippen molar-refractivity contribution in [2.75, 3.05) is 0 Å². The number of hydrogen-bond acceptors (Lipinski definition) is 2. The lowest BCUT2D eigenvalue weighted by Crippen LogP contribution is -2.20. The van der Waals surface area contributed by atoms with Crippen molar-refractivity contribution in [3.05, 3.63) is 28.7 Å². The second-order valence-corrected chi connectivity index (χ2v) is 3.77. The maximum atomic E-state index is 11.0. The molecular formula is C11H15NO2. The number of aromatic amines is 1. The van der Waals surface area contributed by atoms with Crippen molar-refractivity contribution in [2.24, 2.45) is 0 Å². The van der Waals surface area contributed by atoms with Gasteiger partial charge in [-0.3, -0.25) is 4.79 Å². The smallest absolute Gasteiger partial charge is 0.251 e. The van der Waals surface area contributed by atoms with Gasteiger partial charge in [0.2, 0.25) is 0 Å². The number of nitrogens with one attached hydrogen (secondary N) is 1. The molecule has 2 rings (SSSR count). The van der Waals surface area contributed by atoms with Crippen molar-refractivity contribution in [3.63, 3.8) is 0 Å².